The van der Waals surface area contributed by atoms with Gasteiger partial charge in [0.15, 0.2) is 0 Å². The normalized spacial score (nSPS) is 12.3. The van der Waals surface area contributed by atoms with E-state index in [0.29, 0.717) is 14.3 Å². The van der Waals surface area contributed by atoms with Crippen molar-refractivity contribution in [2.45, 2.75) is 18.7 Å². The first kappa shape index (κ1) is 14.3. The fourth-order valence-electron chi connectivity index (χ4n) is 1.23. The molecule has 0 bridgehead atoms. The van der Waals surface area contributed by atoms with Gasteiger partial charge in [-0.1, -0.05) is 0 Å². The number of methoxy groups -OCH3 is 1. The number of hydrogen-bond acceptors (Lipinski definition) is 2. The molecule has 0 saturated heterocycles. The van der Waals surface area contributed by atoms with Crippen molar-refractivity contribution in [2.24, 2.45) is 0 Å². The van der Waals surface area contributed by atoms with E-state index in [1.165, 1.54) is 7.11 Å². The molecule has 0 radical (unpaired) electrons. The van der Waals surface area contributed by atoms with Crippen LogP contribution in [0.5, 0.6) is 0 Å². The Kier molecular flexibility index (Phi) is 5.76. The third-order valence-corrected chi connectivity index (χ3v) is 4.87. The summed E-state index contributed by atoms with van der Waals surface area (Å²) in [6.45, 7) is 4.14. The van der Waals surface area contributed by atoms with Crippen molar-refractivity contribution in [3.05, 3.63) is 40.4 Å². The van der Waals surface area contributed by atoms with Gasteiger partial charge >= 0.3 is 113 Å². The van der Waals surface area contributed by atoms with Gasteiger partial charge in [-0.15, -0.1) is 0 Å². The first-order valence-corrected chi connectivity index (χ1v) is 7.48. The van der Waals surface area contributed by atoms with Gasteiger partial charge in [-0.25, -0.2) is 0 Å². The van der Waals surface area contributed by atoms with Crippen LogP contribution >= 0.6 is 11.6 Å². The summed E-state index contributed by atoms with van der Waals surface area (Å²) in [7, 11) is 1.38. The molecule has 0 aromatic heterocycles. The Labute approximate surface area is 113 Å². The summed E-state index contributed by atoms with van der Waals surface area (Å²) in [5.41, 5.74) is 0.858. The molecule has 1 rings (SSSR count). The van der Waals surface area contributed by atoms with E-state index in [2.05, 4.69) is 13.8 Å². The van der Waals surface area contributed by atoms with Gasteiger partial charge in [0.05, 0.1) is 0 Å². The fraction of sp³-hybridized carbons (Fsp3) is 0.308. The monoisotopic (exact) mass is 318 g/mol. The topological polar surface area (TPSA) is 26.3 Å². The predicted molar refractivity (Wildman–Crippen MR) is 72.1 cm³/mol. The van der Waals surface area contributed by atoms with E-state index in [1.54, 1.807) is 0 Å². The van der Waals surface area contributed by atoms with E-state index >= 15 is 0 Å². The maximum absolute atomic E-state index is 11.7. The molecule has 0 N–H and O–H groups in total. The van der Waals surface area contributed by atoms with Crippen LogP contribution < -0.4 is 0 Å². The van der Waals surface area contributed by atoms with Crippen LogP contribution in [0.1, 0.15) is 19.4 Å². The number of ether oxygens (including phenoxy) is 1. The molecule has 1 aromatic carbocycles. The third kappa shape index (κ3) is 4.19. The number of hydrogen-bond donors (Lipinski definition) is 0. The van der Waals surface area contributed by atoms with Gasteiger partial charge in [-0.2, -0.15) is 0 Å². The SMILES string of the molecule is COC(=O)/C([Se]C(C)C)=C(\Cl)c1ccccc1. The number of rotatable bonds is 4. The van der Waals surface area contributed by atoms with E-state index < -0.39 is 0 Å². The zero-order valence-corrected chi connectivity index (χ0v) is 12.5. The summed E-state index contributed by atoms with van der Waals surface area (Å²) in [6.07, 6.45) is 0. The van der Waals surface area contributed by atoms with Crippen LogP contribution in [0.3, 0.4) is 0 Å². The Bertz CT molecular complexity index is 413. The second kappa shape index (κ2) is 6.85. The molecule has 0 atom stereocenters. The second-order valence-corrected chi connectivity index (χ2v) is 7.37. The van der Waals surface area contributed by atoms with Crippen molar-refractivity contribution in [1.29, 1.82) is 0 Å². The molecule has 0 aliphatic rings. The van der Waals surface area contributed by atoms with E-state index in [4.69, 9.17) is 16.3 Å². The molecular formula is C13H15ClO2Se. The Balaban J connectivity index is 3.14. The Morgan fingerprint density at radius 3 is 2.35 bits per heavy atom. The summed E-state index contributed by atoms with van der Waals surface area (Å²) in [5, 5.41) is 0.506. The van der Waals surface area contributed by atoms with Crippen LogP contribution in [0.4, 0.5) is 0 Å². The number of esters is 1. The average Bonchev–Trinajstić information content (AvgIpc) is 2.35. The molecule has 4 heteroatoms. The first-order chi connectivity index (χ1) is 8.06. The molecule has 0 heterocycles. The van der Waals surface area contributed by atoms with Gasteiger partial charge in [0.1, 0.15) is 0 Å². The summed E-state index contributed by atoms with van der Waals surface area (Å²) in [6, 6.07) is 9.49. The van der Waals surface area contributed by atoms with Crippen LogP contribution in [0.15, 0.2) is 34.8 Å². The molecule has 0 amide bonds. The number of benzene rings is 1. The molecule has 0 saturated carbocycles. The predicted octanol–water partition coefficient (Wildman–Crippen LogP) is 3.30. The van der Waals surface area contributed by atoms with Gasteiger partial charge in [0, 0.05) is 0 Å². The molecule has 0 spiro atoms. The maximum atomic E-state index is 11.7. The summed E-state index contributed by atoms with van der Waals surface area (Å²) in [4.78, 5) is 12.1. The molecule has 92 valence electrons. The summed E-state index contributed by atoms with van der Waals surface area (Å²) >= 11 is 6.30. The van der Waals surface area contributed by atoms with Gasteiger partial charge < -0.3 is 0 Å². The van der Waals surface area contributed by atoms with E-state index in [9.17, 15) is 4.79 Å². The van der Waals surface area contributed by atoms with Crippen molar-refractivity contribution < 1.29 is 9.53 Å². The summed E-state index contributed by atoms with van der Waals surface area (Å²) in [5.74, 6) is -0.326. The van der Waals surface area contributed by atoms with E-state index in [1.807, 2.05) is 30.3 Å². The quantitative estimate of drug-likeness (QED) is 0.484. The van der Waals surface area contributed by atoms with Crippen molar-refractivity contribution in [3.8, 4) is 0 Å². The van der Waals surface area contributed by atoms with Gasteiger partial charge in [0.2, 0.25) is 0 Å². The molecular weight excluding hydrogens is 303 g/mol. The van der Waals surface area contributed by atoms with Crippen molar-refractivity contribution in [3.63, 3.8) is 0 Å². The molecule has 1 aromatic rings. The standard InChI is InChI=1S/C13H15ClO2Se/c1-9(2)17-12(13(15)16-3)11(14)10-7-5-4-6-8-10/h4-9H,1-3H3/b12-11+. The Morgan fingerprint density at radius 2 is 1.88 bits per heavy atom. The zero-order chi connectivity index (χ0) is 12.8. The second-order valence-electron chi connectivity index (χ2n) is 3.67. The minimum absolute atomic E-state index is 0.0139. The van der Waals surface area contributed by atoms with Crippen LogP contribution in [0.2, 0.25) is 4.82 Å². The van der Waals surface area contributed by atoms with Crippen LogP contribution in [-0.4, -0.2) is 28.0 Å². The van der Waals surface area contributed by atoms with E-state index in [0.717, 1.165) is 5.56 Å². The summed E-state index contributed by atoms with van der Waals surface area (Å²) < 4.78 is 5.39. The molecule has 0 fully saturated rings. The minimum atomic E-state index is -0.326. The molecule has 0 aliphatic heterocycles. The van der Waals surface area contributed by atoms with Crippen molar-refractivity contribution >= 4 is 37.6 Å². The van der Waals surface area contributed by atoms with Crippen molar-refractivity contribution in [1.82, 2.24) is 0 Å². The Morgan fingerprint density at radius 1 is 1.29 bits per heavy atom. The number of carbonyl (C=O) groups is 1. The molecule has 2 nitrogen and oxygen atoms in total. The van der Waals surface area contributed by atoms with Crippen LogP contribution in [-0.2, 0) is 9.53 Å². The first-order valence-electron chi connectivity index (χ1n) is 5.26. The Hall–Kier alpha value is -0.761. The van der Waals surface area contributed by atoms with E-state index in [-0.39, 0.29) is 20.9 Å². The van der Waals surface area contributed by atoms with Gasteiger partial charge in [-0.05, 0) is 0 Å². The third-order valence-electron chi connectivity index (χ3n) is 1.95. The van der Waals surface area contributed by atoms with Gasteiger partial charge in [-0.3, -0.25) is 0 Å². The van der Waals surface area contributed by atoms with Gasteiger partial charge in [0.25, 0.3) is 0 Å². The van der Waals surface area contributed by atoms with Crippen molar-refractivity contribution in [2.75, 3.05) is 7.11 Å². The fourth-order valence-corrected chi connectivity index (χ4v) is 3.50. The number of halogens is 1. The number of carbonyl (C=O) groups excluding carboxylic acids is 1. The molecule has 0 unspecified atom stereocenters. The van der Waals surface area contributed by atoms with Crippen LogP contribution in [0.25, 0.3) is 5.03 Å². The zero-order valence-electron chi connectivity index (χ0n) is 10.1. The molecule has 17 heavy (non-hydrogen) atoms. The average molecular weight is 318 g/mol. The molecule has 0 aliphatic carbocycles. The van der Waals surface area contributed by atoms with Crippen LogP contribution in [0, 0.1) is 0 Å².